The summed E-state index contributed by atoms with van der Waals surface area (Å²) >= 11 is 0. The van der Waals surface area contributed by atoms with Gasteiger partial charge in [0.15, 0.2) is 6.04 Å². The van der Waals surface area contributed by atoms with Crippen LogP contribution in [0.25, 0.3) is 0 Å². The summed E-state index contributed by atoms with van der Waals surface area (Å²) in [6.07, 6.45) is 1.73. The minimum atomic E-state index is -0.803. The molecule has 4 heteroatoms. The predicted molar refractivity (Wildman–Crippen MR) is 138 cm³/mol. The first-order chi connectivity index (χ1) is 16.4. The van der Waals surface area contributed by atoms with Gasteiger partial charge >= 0.3 is 5.97 Å². The number of rotatable bonds is 10. The number of hydrogen-bond acceptors (Lipinski definition) is 4. The van der Waals surface area contributed by atoms with Crippen LogP contribution in [0.3, 0.4) is 0 Å². The zero-order valence-corrected chi connectivity index (χ0v) is 20.2. The van der Waals surface area contributed by atoms with Crippen molar-refractivity contribution < 1.29 is 14.3 Å². The highest BCUT2D eigenvalue weighted by Gasteiger charge is 2.31. The standard InChI is InChI=1S/C30H33NO3/c1-5-24(22-33-21-23-15-9-6-10-16-23)28(29(32)34-30(2,3)4)31-27(25-17-11-7-12-18-25)26-19-13-8-14-20-26/h5-20,24,28H,1,21-22H2,2-4H3/t24-,28+/m1/s1. The average Bonchev–Trinajstić information content (AvgIpc) is 2.84. The molecule has 3 rings (SSSR count). The number of benzene rings is 3. The van der Waals surface area contributed by atoms with Crippen molar-refractivity contribution >= 4 is 11.7 Å². The molecular formula is C30H33NO3. The quantitative estimate of drug-likeness (QED) is 0.206. The van der Waals surface area contributed by atoms with Gasteiger partial charge in [-0.1, -0.05) is 97.1 Å². The molecule has 3 aromatic rings. The highest BCUT2D eigenvalue weighted by Crippen LogP contribution is 2.21. The van der Waals surface area contributed by atoms with Crippen LogP contribution in [0.15, 0.2) is 109 Å². The van der Waals surface area contributed by atoms with E-state index in [1.807, 2.05) is 112 Å². The van der Waals surface area contributed by atoms with Crippen LogP contribution in [0.2, 0.25) is 0 Å². The van der Waals surface area contributed by atoms with E-state index in [0.29, 0.717) is 13.2 Å². The Labute approximate surface area is 203 Å². The van der Waals surface area contributed by atoms with Crippen molar-refractivity contribution in [1.29, 1.82) is 0 Å². The maximum Gasteiger partial charge on any atom is 0.332 e. The van der Waals surface area contributed by atoms with Gasteiger partial charge in [-0.2, -0.15) is 0 Å². The van der Waals surface area contributed by atoms with Gasteiger partial charge in [-0.05, 0) is 26.3 Å². The smallest absolute Gasteiger partial charge is 0.332 e. The second-order valence-corrected chi connectivity index (χ2v) is 9.09. The Bertz CT molecular complexity index is 1030. The van der Waals surface area contributed by atoms with Gasteiger partial charge in [0.05, 0.1) is 18.9 Å². The lowest BCUT2D eigenvalue weighted by atomic mass is 9.97. The molecule has 0 unspecified atom stereocenters. The molecule has 0 radical (unpaired) electrons. The summed E-state index contributed by atoms with van der Waals surface area (Å²) in [5.41, 5.74) is 3.01. The first kappa shape index (κ1) is 25.1. The van der Waals surface area contributed by atoms with Gasteiger partial charge in [-0.25, -0.2) is 4.79 Å². The van der Waals surface area contributed by atoms with Gasteiger partial charge in [0.2, 0.25) is 0 Å². The molecule has 0 aromatic heterocycles. The van der Waals surface area contributed by atoms with E-state index in [1.165, 1.54) is 0 Å². The Balaban J connectivity index is 1.96. The maximum absolute atomic E-state index is 13.4. The first-order valence-electron chi connectivity index (χ1n) is 11.5. The zero-order chi connectivity index (χ0) is 24.4. The maximum atomic E-state index is 13.4. The molecule has 0 N–H and O–H groups in total. The Kier molecular flexibility index (Phi) is 8.94. The summed E-state index contributed by atoms with van der Waals surface area (Å²) in [6.45, 7) is 10.3. The molecule has 4 nitrogen and oxygen atoms in total. The molecule has 0 spiro atoms. The number of nitrogens with zero attached hydrogens (tertiary/aromatic N) is 1. The normalized spacial score (nSPS) is 12.9. The van der Waals surface area contributed by atoms with E-state index < -0.39 is 17.6 Å². The van der Waals surface area contributed by atoms with Crippen molar-refractivity contribution in [2.45, 2.75) is 39.0 Å². The third-order valence-electron chi connectivity index (χ3n) is 5.14. The number of carbonyl (C=O) groups is 1. The van der Waals surface area contributed by atoms with E-state index in [2.05, 4.69) is 6.58 Å². The van der Waals surface area contributed by atoms with E-state index in [4.69, 9.17) is 14.5 Å². The van der Waals surface area contributed by atoms with E-state index in [1.54, 1.807) is 6.08 Å². The van der Waals surface area contributed by atoms with Gasteiger partial charge < -0.3 is 9.47 Å². The minimum Gasteiger partial charge on any atom is -0.458 e. The molecule has 176 valence electrons. The summed E-state index contributed by atoms with van der Waals surface area (Å²) in [4.78, 5) is 18.3. The second kappa shape index (κ2) is 12.1. The molecule has 3 aromatic carbocycles. The summed E-state index contributed by atoms with van der Waals surface area (Å²) < 4.78 is 11.7. The highest BCUT2D eigenvalue weighted by molar-refractivity contribution is 6.13. The highest BCUT2D eigenvalue weighted by atomic mass is 16.6. The van der Waals surface area contributed by atoms with Gasteiger partial charge in [0.1, 0.15) is 5.60 Å². The second-order valence-electron chi connectivity index (χ2n) is 9.09. The summed E-state index contributed by atoms with van der Waals surface area (Å²) in [5, 5.41) is 0. The van der Waals surface area contributed by atoms with Gasteiger partial charge in [0.25, 0.3) is 0 Å². The lowest BCUT2D eigenvalue weighted by Crippen LogP contribution is -2.37. The number of hydrogen-bond donors (Lipinski definition) is 0. The van der Waals surface area contributed by atoms with Crippen LogP contribution >= 0.6 is 0 Å². The Hall–Kier alpha value is -3.50. The zero-order valence-electron chi connectivity index (χ0n) is 20.2. The van der Waals surface area contributed by atoms with Crippen LogP contribution in [0, 0.1) is 5.92 Å². The Morgan fingerprint density at radius 2 is 1.38 bits per heavy atom. The summed E-state index contributed by atoms with van der Waals surface area (Å²) in [6, 6.07) is 28.9. The number of aliphatic imine (C=N–C) groups is 1. The van der Waals surface area contributed by atoms with E-state index in [-0.39, 0.29) is 5.92 Å². The molecule has 2 atom stereocenters. The van der Waals surface area contributed by atoms with Crippen molar-refractivity contribution in [3.63, 3.8) is 0 Å². The fourth-order valence-electron chi connectivity index (χ4n) is 3.51. The number of carbonyl (C=O) groups excluding carboxylic acids is 1. The van der Waals surface area contributed by atoms with Crippen LogP contribution in [-0.2, 0) is 20.9 Å². The van der Waals surface area contributed by atoms with E-state index in [9.17, 15) is 4.79 Å². The Morgan fingerprint density at radius 1 is 0.882 bits per heavy atom. The third kappa shape index (κ3) is 7.53. The summed E-state index contributed by atoms with van der Waals surface area (Å²) in [7, 11) is 0. The molecule has 0 saturated heterocycles. The van der Waals surface area contributed by atoms with Crippen molar-refractivity contribution in [1.82, 2.24) is 0 Å². The fraction of sp³-hybridized carbons (Fsp3) is 0.267. The third-order valence-corrected chi connectivity index (χ3v) is 5.14. The van der Waals surface area contributed by atoms with Crippen molar-refractivity contribution in [2.24, 2.45) is 10.9 Å². The molecule has 0 aliphatic rings. The molecule has 0 bridgehead atoms. The number of ether oxygens (including phenoxy) is 2. The van der Waals surface area contributed by atoms with Crippen LogP contribution in [0.5, 0.6) is 0 Å². The molecule has 0 aliphatic carbocycles. The molecule has 0 fully saturated rings. The Morgan fingerprint density at radius 3 is 1.85 bits per heavy atom. The van der Waals surface area contributed by atoms with Crippen LogP contribution < -0.4 is 0 Å². The lowest BCUT2D eigenvalue weighted by Gasteiger charge is -2.26. The fourth-order valence-corrected chi connectivity index (χ4v) is 3.51. The SMILES string of the molecule is C=C[C@H](COCc1ccccc1)[C@H](N=C(c1ccccc1)c1ccccc1)C(=O)OC(C)(C)C. The van der Waals surface area contributed by atoms with Crippen LogP contribution in [0.4, 0.5) is 0 Å². The first-order valence-corrected chi connectivity index (χ1v) is 11.5. The van der Waals surface area contributed by atoms with Crippen molar-refractivity contribution in [3.8, 4) is 0 Å². The lowest BCUT2D eigenvalue weighted by molar-refractivity contribution is -0.157. The topological polar surface area (TPSA) is 47.9 Å². The molecule has 0 aliphatic heterocycles. The molecule has 34 heavy (non-hydrogen) atoms. The van der Waals surface area contributed by atoms with Crippen LogP contribution in [0.1, 0.15) is 37.5 Å². The van der Waals surface area contributed by atoms with Gasteiger partial charge in [-0.15, -0.1) is 6.58 Å². The predicted octanol–water partition coefficient (Wildman–Crippen LogP) is 6.25. The molecular weight excluding hydrogens is 422 g/mol. The van der Waals surface area contributed by atoms with Crippen molar-refractivity contribution in [2.75, 3.05) is 6.61 Å². The van der Waals surface area contributed by atoms with Gasteiger partial charge in [0, 0.05) is 17.0 Å². The number of esters is 1. The van der Waals surface area contributed by atoms with E-state index >= 15 is 0 Å². The molecule has 0 amide bonds. The molecule has 0 heterocycles. The minimum absolute atomic E-state index is 0.294. The summed E-state index contributed by atoms with van der Waals surface area (Å²) in [5.74, 6) is -0.758. The van der Waals surface area contributed by atoms with Crippen molar-refractivity contribution in [3.05, 3.63) is 120 Å². The van der Waals surface area contributed by atoms with Crippen LogP contribution in [-0.4, -0.2) is 29.9 Å². The molecule has 0 saturated carbocycles. The van der Waals surface area contributed by atoms with Gasteiger partial charge in [-0.3, -0.25) is 4.99 Å². The monoisotopic (exact) mass is 455 g/mol. The largest absolute Gasteiger partial charge is 0.458 e. The van der Waals surface area contributed by atoms with E-state index in [0.717, 1.165) is 22.4 Å². The average molecular weight is 456 g/mol.